The zero-order valence-corrected chi connectivity index (χ0v) is 7.87. The molecule has 2 heteroatoms. The Bertz CT molecular complexity index is 344. The summed E-state index contributed by atoms with van der Waals surface area (Å²) in [6, 6.07) is 6.40. The average molecular weight is 175 g/mol. The fraction of sp³-hybridized carbons (Fsp3) is 0.273. The van der Waals surface area contributed by atoms with Crippen LogP contribution in [0.15, 0.2) is 30.5 Å². The Morgan fingerprint density at radius 1 is 1.31 bits per heavy atom. The van der Waals surface area contributed by atoms with Crippen molar-refractivity contribution in [3.63, 3.8) is 0 Å². The molecule has 0 saturated heterocycles. The topological polar surface area (TPSA) is 21.3 Å². The number of aryl methyl sites for hydroxylation is 2. The normalized spacial score (nSPS) is 20.3. The third-order valence-electron chi connectivity index (χ3n) is 2.27. The van der Waals surface area contributed by atoms with E-state index in [-0.39, 0.29) is 6.10 Å². The summed E-state index contributed by atoms with van der Waals surface area (Å²) in [4.78, 5) is 5.30. The molecule has 1 aliphatic heterocycles. The van der Waals surface area contributed by atoms with Gasteiger partial charge in [-0.25, -0.2) is 0 Å². The first-order valence-corrected chi connectivity index (χ1v) is 4.42. The molecule has 0 bridgehead atoms. The van der Waals surface area contributed by atoms with Crippen molar-refractivity contribution in [3.8, 4) is 0 Å². The SMILES string of the molecule is Cc1ccc(C2C=CNO2)c(C)c1. The van der Waals surface area contributed by atoms with E-state index in [4.69, 9.17) is 4.84 Å². The average Bonchev–Trinajstić information content (AvgIpc) is 2.56. The smallest absolute Gasteiger partial charge is 0.131 e. The number of hydrogen-bond donors (Lipinski definition) is 1. The first-order chi connectivity index (χ1) is 6.27. The minimum atomic E-state index is 0.0700. The summed E-state index contributed by atoms with van der Waals surface area (Å²) in [6.07, 6.45) is 3.90. The molecule has 0 aliphatic carbocycles. The summed E-state index contributed by atoms with van der Waals surface area (Å²) in [7, 11) is 0. The highest BCUT2D eigenvalue weighted by Crippen LogP contribution is 2.24. The molecule has 2 nitrogen and oxygen atoms in total. The lowest BCUT2D eigenvalue weighted by atomic mass is 10.0. The highest BCUT2D eigenvalue weighted by molar-refractivity contribution is 5.34. The van der Waals surface area contributed by atoms with E-state index in [1.807, 2.05) is 12.3 Å². The van der Waals surface area contributed by atoms with Gasteiger partial charge in [0, 0.05) is 6.20 Å². The molecule has 1 aromatic carbocycles. The van der Waals surface area contributed by atoms with Crippen LogP contribution in [0.1, 0.15) is 22.8 Å². The van der Waals surface area contributed by atoms with E-state index in [0.717, 1.165) is 0 Å². The van der Waals surface area contributed by atoms with E-state index in [1.165, 1.54) is 16.7 Å². The van der Waals surface area contributed by atoms with Crippen molar-refractivity contribution in [1.82, 2.24) is 5.48 Å². The Labute approximate surface area is 78.2 Å². The quantitative estimate of drug-likeness (QED) is 0.707. The van der Waals surface area contributed by atoms with Crippen LogP contribution in [0.5, 0.6) is 0 Å². The summed E-state index contributed by atoms with van der Waals surface area (Å²) in [6.45, 7) is 4.21. The molecule has 1 heterocycles. The van der Waals surface area contributed by atoms with E-state index >= 15 is 0 Å². The highest BCUT2D eigenvalue weighted by atomic mass is 16.7. The first-order valence-electron chi connectivity index (χ1n) is 4.42. The molecule has 2 rings (SSSR count). The molecule has 0 spiro atoms. The van der Waals surface area contributed by atoms with Crippen LogP contribution in [0.2, 0.25) is 0 Å². The second-order valence-electron chi connectivity index (χ2n) is 3.38. The fourth-order valence-corrected chi connectivity index (χ4v) is 1.59. The van der Waals surface area contributed by atoms with Gasteiger partial charge in [0.1, 0.15) is 6.10 Å². The number of hydroxylamine groups is 1. The molecule has 1 unspecified atom stereocenters. The molecule has 68 valence electrons. The molecule has 1 atom stereocenters. The first kappa shape index (κ1) is 8.32. The van der Waals surface area contributed by atoms with Gasteiger partial charge in [-0.3, -0.25) is 10.3 Å². The highest BCUT2D eigenvalue weighted by Gasteiger charge is 2.14. The molecule has 0 saturated carbocycles. The molecule has 0 aromatic heterocycles. The van der Waals surface area contributed by atoms with E-state index in [0.29, 0.717) is 0 Å². The molecular formula is C11H13NO. The fourth-order valence-electron chi connectivity index (χ4n) is 1.59. The summed E-state index contributed by atoms with van der Waals surface area (Å²) < 4.78 is 0. The zero-order chi connectivity index (χ0) is 9.26. The van der Waals surface area contributed by atoms with Crippen LogP contribution in [-0.4, -0.2) is 0 Å². The van der Waals surface area contributed by atoms with Gasteiger partial charge in [0.2, 0.25) is 0 Å². The number of nitrogens with one attached hydrogen (secondary N) is 1. The van der Waals surface area contributed by atoms with Gasteiger partial charge in [0.25, 0.3) is 0 Å². The molecule has 1 aliphatic rings. The molecule has 1 N–H and O–H groups in total. The lowest BCUT2D eigenvalue weighted by Crippen LogP contribution is -2.05. The Balaban J connectivity index is 2.34. The van der Waals surface area contributed by atoms with E-state index in [1.54, 1.807) is 0 Å². The number of benzene rings is 1. The summed E-state index contributed by atoms with van der Waals surface area (Å²) in [5.74, 6) is 0. The monoisotopic (exact) mass is 175 g/mol. The van der Waals surface area contributed by atoms with Crippen LogP contribution in [0.4, 0.5) is 0 Å². The van der Waals surface area contributed by atoms with Gasteiger partial charge in [0.15, 0.2) is 0 Å². The predicted octanol–water partition coefficient (Wildman–Crippen LogP) is 2.39. The van der Waals surface area contributed by atoms with Crippen molar-refractivity contribution in [1.29, 1.82) is 0 Å². The lowest BCUT2D eigenvalue weighted by Gasteiger charge is -2.11. The van der Waals surface area contributed by atoms with Crippen LogP contribution in [0.25, 0.3) is 0 Å². The van der Waals surface area contributed by atoms with Crippen LogP contribution < -0.4 is 5.48 Å². The second kappa shape index (κ2) is 3.23. The van der Waals surface area contributed by atoms with Crippen molar-refractivity contribution in [2.24, 2.45) is 0 Å². The largest absolute Gasteiger partial charge is 0.274 e. The molecule has 0 fully saturated rings. The van der Waals surface area contributed by atoms with Gasteiger partial charge in [-0.2, -0.15) is 0 Å². The Kier molecular flexibility index (Phi) is 2.07. The lowest BCUT2D eigenvalue weighted by molar-refractivity contribution is 0.0466. The van der Waals surface area contributed by atoms with E-state index < -0.39 is 0 Å². The Morgan fingerprint density at radius 3 is 2.77 bits per heavy atom. The molecule has 0 radical (unpaired) electrons. The Morgan fingerprint density at radius 2 is 2.15 bits per heavy atom. The predicted molar refractivity (Wildman–Crippen MR) is 52.0 cm³/mol. The maximum Gasteiger partial charge on any atom is 0.131 e. The zero-order valence-electron chi connectivity index (χ0n) is 7.87. The van der Waals surface area contributed by atoms with Gasteiger partial charge in [-0.15, -0.1) is 0 Å². The Hall–Kier alpha value is -1.28. The standard InChI is InChI=1S/C11H13NO/c1-8-3-4-10(9(2)7-8)11-5-6-12-13-11/h3-7,11-12H,1-2H3. The van der Waals surface area contributed by atoms with Gasteiger partial charge < -0.3 is 0 Å². The summed E-state index contributed by atoms with van der Waals surface area (Å²) in [5, 5.41) is 0. The molecule has 0 amide bonds. The van der Waals surface area contributed by atoms with Crippen LogP contribution in [-0.2, 0) is 4.84 Å². The van der Waals surface area contributed by atoms with Gasteiger partial charge in [-0.1, -0.05) is 23.8 Å². The van der Waals surface area contributed by atoms with Crippen molar-refractivity contribution >= 4 is 0 Å². The number of hydrogen-bond acceptors (Lipinski definition) is 2. The second-order valence-corrected chi connectivity index (χ2v) is 3.38. The van der Waals surface area contributed by atoms with E-state index in [9.17, 15) is 0 Å². The van der Waals surface area contributed by atoms with Crippen LogP contribution in [0, 0.1) is 13.8 Å². The van der Waals surface area contributed by atoms with Crippen molar-refractivity contribution in [2.75, 3.05) is 0 Å². The van der Waals surface area contributed by atoms with E-state index in [2.05, 4.69) is 37.5 Å². The van der Waals surface area contributed by atoms with Gasteiger partial charge >= 0.3 is 0 Å². The summed E-state index contributed by atoms with van der Waals surface area (Å²) in [5.41, 5.74) is 6.53. The van der Waals surface area contributed by atoms with Gasteiger partial charge in [0.05, 0.1) is 0 Å². The third-order valence-corrected chi connectivity index (χ3v) is 2.27. The number of rotatable bonds is 1. The maximum atomic E-state index is 5.30. The van der Waals surface area contributed by atoms with Crippen molar-refractivity contribution in [2.45, 2.75) is 20.0 Å². The van der Waals surface area contributed by atoms with Crippen molar-refractivity contribution in [3.05, 3.63) is 47.2 Å². The minimum Gasteiger partial charge on any atom is -0.274 e. The van der Waals surface area contributed by atoms with Crippen LogP contribution >= 0.6 is 0 Å². The van der Waals surface area contributed by atoms with Crippen molar-refractivity contribution < 1.29 is 4.84 Å². The molecule has 13 heavy (non-hydrogen) atoms. The van der Waals surface area contributed by atoms with Crippen LogP contribution in [0.3, 0.4) is 0 Å². The molecular weight excluding hydrogens is 162 g/mol. The van der Waals surface area contributed by atoms with Gasteiger partial charge in [-0.05, 0) is 31.1 Å². The molecule has 1 aromatic rings. The minimum absolute atomic E-state index is 0.0700. The maximum absolute atomic E-state index is 5.30. The summed E-state index contributed by atoms with van der Waals surface area (Å²) >= 11 is 0. The third kappa shape index (κ3) is 1.58.